The number of carbonyl (C=O) groups is 1. The van der Waals surface area contributed by atoms with Crippen molar-refractivity contribution in [2.24, 2.45) is 0 Å². The molecule has 0 fully saturated rings. The smallest absolute Gasteiger partial charge is 0.240 e. The molecule has 0 bridgehead atoms. The van der Waals surface area contributed by atoms with E-state index in [0.29, 0.717) is 24.4 Å². The number of amides is 1. The summed E-state index contributed by atoms with van der Waals surface area (Å²) in [6.45, 7) is 2.24. The lowest BCUT2D eigenvalue weighted by molar-refractivity contribution is -0.118. The molecule has 0 saturated carbocycles. The molecule has 0 spiro atoms. The maximum atomic E-state index is 12.2. The van der Waals surface area contributed by atoms with Gasteiger partial charge in [-0.3, -0.25) is 4.79 Å². The Morgan fingerprint density at radius 2 is 1.86 bits per heavy atom. The van der Waals surface area contributed by atoms with Gasteiger partial charge in [0.05, 0.1) is 4.90 Å². The molecule has 0 atom stereocenters. The van der Waals surface area contributed by atoms with Gasteiger partial charge >= 0.3 is 0 Å². The summed E-state index contributed by atoms with van der Waals surface area (Å²) in [7, 11) is -3.46. The predicted octanol–water partition coefficient (Wildman–Crippen LogP) is 1.37. The first-order valence-corrected chi connectivity index (χ1v) is 8.83. The van der Waals surface area contributed by atoms with Gasteiger partial charge < -0.3 is 5.32 Å². The van der Waals surface area contributed by atoms with Crippen LogP contribution < -0.4 is 10.0 Å². The molecule has 1 aromatic rings. The minimum absolute atomic E-state index is 0.104. The Morgan fingerprint density at radius 1 is 1.14 bits per heavy atom. The SMILES string of the molecule is CC(=O)NCCCNS(=O)(=O)c1ccc2c(c1)CCCC2. The highest BCUT2D eigenvalue weighted by Gasteiger charge is 2.17. The normalized spacial score (nSPS) is 14.5. The second kappa shape index (κ2) is 7.04. The number of hydrogen-bond acceptors (Lipinski definition) is 3. The third-order valence-corrected chi connectivity index (χ3v) is 5.11. The molecule has 0 unspecified atom stereocenters. The third-order valence-electron chi connectivity index (χ3n) is 3.65. The largest absolute Gasteiger partial charge is 0.356 e. The van der Waals surface area contributed by atoms with Crippen LogP contribution in [0, 0.1) is 0 Å². The zero-order valence-corrected chi connectivity index (χ0v) is 13.1. The number of benzene rings is 1. The highest BCUT2D eigenvalue weighted by atomic mass is 32.2. The van der Waals surface area contributed by atoms with Crippen LogP contribution in [0.15, 0.2) is 23.1 Å². The summed E-state index contributed by atoms with van der Waals surface area (Å²) in [5, 5.41) is 2.64. The fraction of sp³-hybridized carbons (Fsp3) is 0.533. The van der Waals surface area contributed by atoms with Crippen LogP contribution in [-0.2, 0) is 27.7 Å². The van der Waals surface area contributed by atoms with Crippen molar-refractivity contribution in [2.45, 2.75) is 43.9 Å². The van der Waals surface area contributed by atoms with Crippen molar-refractivity contribution < 1.29 is 13.2 Å². The monoisotopic (exact) mass is 310 g/mol. The molecule has 1 aliphatic rings. The highest BCUT2D eigenvalue weighted by molar-refractivity contribution is 7.89. The molecule has 0 radical (unpaired) electrons. The number of carbonyl (C=O) groups excluding carboxylic acids is 1. The molecule has 0 aromatic heterocycles. The van der Waals surface area contributed by atoms with E-state index in [-0.39, 0.29) is 5.91 Å². The lowest BCUT2D eigenvalue weighted by atomic mass is 9.92. The zero-order valence-electron chi connectivity index (χ0n) is 12.3. The van der Waals surface area contributed by atoms with E-state index in [1.165, 1.54) is 18.9 Å². The topological polar surface area (TPSA) is 75.3 Å². The van der Waals surface area contributed by atoms with Gasteiger partial charge in [-0.15, -0.1) is 0 Å². The van der Waals surface area contributed by atoms with E-state index >= 15 is 0 Å². The maximum Gasteiger partial charge on any atom is 0.240 e. The average molecular weight is 310 g/mol. The Labute approximate surface area is 126 Å². The van der Waals surface area contributed by atoms with Crippen molar-refractivity contribution in [1.29, 1.82) is 0 Å². The number of nitrogens with one attached hydrogen (secondary N) is 2. The van der Waals surface area contributed by atoms with Crippen LogP contribution >= 0.6 is 0 Å². The molecule has 0 heterocycles. The van der Waals surface area contributed by atoms with Crippen LogP contribution in [0.25, 0.3) is 0 Å². The Hall–Kier alpha value is -1.40. The van der Waals surface area contributed by atoms with Gasteiger partial charge in [-0.25, -0.2) is 13.1 Å². The lowest BCUT2D eigenvalue weighted by Crippen LogP contribution is -2.29. The third kappa shape index (κ3) is 4.54. The summed E-state index contributed by atoms with van der Waals surface area (Å²) >= 11 is 0. The van der Waals surface area contributed by atoms with E-state index < -0.39 is 10.0 Å². The molecule has 2 N–H and O–H groups in total. The molecule has 1 aromatic carbocycles. The van der Waals surface area contributed by atoms with Gasteiger partial charge in [-0.2, -0.15) is 0 Å². The summed E-state index contributed by atoms with van der Waals surface area (Å²) in [5.74, 6) is -0.104. The van der Waals surface area contributed by atoms with Gasteiger partial charge in [-0.05, 0) is 55.4 Å². The van der Waals surface area contributed by atoms with E-state index in [2.05, 4.69) is 10.0 Å². The molecule has 1 aliphatic carbocycles. The summed E-state index contributed by atoms with van der Waals surface area (Å²) in [4.78, 5) is 11.0. The highest BCUT2D eigenvalue weighted by Crippen LogP contribution is 2.23. The fourth-order valence-corrected chi connectivity index (χ4v) is 3.64. The van der Waals surface area contributed by atoms with E-state index in [1.54, 1.807) is 12.1 Å². The first-order valence-electron chi connectivity index (χ1n) is 7.35. The van der Waals surface area contributed by atoms with Crippen LogP contribution in [-0.4, -0.2) is 27.4 Å². The van der Waals surface area contributed by atoms with Crippen molar-refractivity contribution in [3.05, 3.63) is 29.3 Å². The molecule has 2 rings (SSSR count). The van der Waals surface area contributed by atoms with Crippen LogP contribution in [0.2, 0.25) is 0 Å². The predicted molar refractivity (Wildman–Crippen MR) is 81.6 cm³/mol. The van der Waals surface area contributed by atoms with Crippen molar-refractivity contribution in [2.75, 3.05) is 13.1 Å². The molecule has 6 heteroatoms. The summed E-state index contributed by atoms with van der Waals surface area (Å²) < 4.78 is 27.0. The quantitative estimate of drug-likeness (QED) is 0.779. The van der Waals surface area contributed by atoms with Crippen molar-refractivity contribution in [1.82, 2.24) is 10.0 Å². The molecule has 0 saturated heterocycles. The Bertz CT molecular complexity index is 611. The minimum Gasteiger partial charge on any atom is -0.356 e. The second-order valence-corrected chi connectivity index (χ2v) is 7.14. The van der Waals surface area contributed by atoms with Crippen molar-refractivity contribution in [3.8, 4) is 0 Å². The van der Waals surface area contributed by atoms with Crippen molar-refractivity contribution >= 4 is 15.9 Å². The van der Waals surface area contributed by atoms with Gasteiger partial charge in [0.1, 0.15) is 0 Å². The Balaban J connectivity index is 1.94. The van der Waals surface area contributed by atoms with Gasteiger partial charge in [0.2, 0.25) is 15.9 Å². The number of rotatable bonds is 6. The Morgan fingerprint density at radius 3 is 2.57 bits per heavy atom. The van der Waals surface area contributed by atoms with E-state index in [0.717, 1.165) is 24.8 Å². The number of hydrogen-bond donors (Lipinski definition) is 2. The number of sulfonamides is 1. The van der Waals surface area contributed by atoms with Gasteiger partial charge in [0.15, 0.2) is 0 Å². The summed E-state index contributed by atoms with van der Waals surface area (Å²) in [5.41, 5.74) is 2.42. The fourth-order valence-electron chi connectivity index (χ4n) is 2.52. The van der Waals surface area contributed by atoms with Crippen LogP contribution in [0.4, 0.5) is 0 Å². The molecule has 0 aliphatic heterocycles. The van der Waals surface area contributed by atoms with Crippen LogP contribution in [0.3, 0.4) is 0 Å². The Kier molecular flexibility index (Phi) is 5.36. The van der Waals surface area contributed by atoms with Gasteiger partial charge in [0.25, 0.3) is 0 Å². The van der Waals surface area contributed by atoms with E-state index in [1.807, 2.05) is 6.07 Å². The molecular weight excluding hydrogens is 288 g/mol. The van der Waals surface area contributed by atoms with E-state index in [4.69, 9.17) is 0 Å². The lowest BCUT2D eigenvalue weighted by Gasteiger charge is -2.16. The average Bonchev–Trinajstić information content (AvgIpc) is 2.46. The molecule has 116 valence electrons. The molecule has 1 amide bonds. The van der Waals surface area contributed by atoms with Gasteiger partial charge in [-0.1, -0.05) is 6.07 Å². The molecule has 21 heavy (non-hydrogen) atoms. The summed E-state index contributed by atoms with van der Waals surface area (Å²) in [6.07, 6.45) is 4.88. The van der Waals surface area contributed by atoms with Crippen molar-refractivity contribution in [3.63, 3.8) is 0 Å². The summed E-state index contributed by atoms with van der Waals surface area (Å²) in [6, 6.07) is 5.41. The second-order valence-electron chi connectivity index (χ2n) is 5.37. The standard InChI is InChI=1S/C15H22N2O3S/c1-12(18)16-9-4-10-17-21(19,20)15-8-7-13-5-2-3-6-14(13)11-15/h7-8,11,17H,2-6,9-10H2,1H3,(H,16,18). The minimum atomic E-state index is -3.46. The first-order chi connectivity index (χ1) is 9.99. The molecular formula is C15H22N2O3S. The first kappa shape index (κ1) is 16.0. The van der Waals surface area contributed by atoms with Crippen LogP contribution in [0.5, 0.6) is 0 Å². The van der Waals surface area contributed by atoms with Crippen LogP contribution in [0.1, 0.15) is 37.3 Å². The van der Waals surface area contributed by atoms with Gasteiger partial charge in [0, 0.05) is 20.0 Å². The maximum absolute atomic E-state index is 12.2. The number of fused-ring (bicyclic) bond motifs is 1. The number of aryl methyl sites for hydroxylation is 2. The zero-order chi connectivity index (χ0) is 15.3. The van der Waals surface area contributed by atoms with E-state index in [9.17, 15) is 13.2 Å². The molecule has 5 nitrogen and oxygen atoms in total.